The highest BCUT2D eigenvalue weighted by atomic mass is 32.1. The third kappa shape index (κ3) is 3.57. The molecule has 0 saturated carbocycles. The van der Waals surface area contributed by atoms with Crippen molar-refractivity contribution in [3.05, 3.63) is 51.5 Å². The van der Waals surface area contributed by atoms with Gasteiger partial charge in [0.05, 0.1) is 11.7 Å². The van der Waals surface area contributed by atoms with E-state index in [1.54, 1.807) is 0 Å². The SMILES string of the molecule is CCc1ccc(C(c2ccc(C)cn2)N2CCCNCC2)s1. The molecule has 3 rings (SSSR count). The summed E-state index contributed by atoms with van der Waals surface area (Å²) in [5, 5.41) is 3.50. The van der Waals surface area contributed by atoms with Crippen molar-refractivity contribution < 1.29 is 0 Å². The Labute approximate surface area is 137 Å². The van der Waals surface area contributed by atoms with Crippen LogP contribution in [0.5, 0.6) is 0 Å². The molecule has 118 valence electrons. The Morgan fingerprint density at radius 2 is 2.14 bits per heavy atom. The van der Waals surface area contributed by atoms with Crippen LogP contribution in [0.15, 0.2) is 30.5 Å². The minimum atomic E-state index is 0.297. The van der Waals surface area contributed by atoms with Gasteiger partial charge in [0.2, 0.25) is 0 Å². The lowest BCUT2D eigenvalue weighted by molar-refractivity contribution is 0.240. The summed E-state index contributed by atoms with van der Waals surface area (Å²) in [7, 11) is 0. The molecule has 1 fully saturated rings. The summed E-state index contributed by atoms with van der Waals surface area (Å²) in [4.78, 5) is 10.2. The van der Waals surface area contributed by atoms with Crippen LogP contribution in [-0.4, -0.2) is 36.1 Å². The number of aromatic nitrogens is 1. The van der Waals surface area contributed by atoms with E-state index >= 15 is 0 Å². The standard InChI is InChI=1S/C18H25N3S/c1-3-15-6-8-17(22-15)18(16-7-5-14(2)13-20-16)21-11-4-9-19-10-12-21/h5-8,13,18-19H,3-4,9-12H2,1-2H3. The minimum Gasteiger partial charge on any atom is -0.315 e. The molecule has 2 aromatic heterocycles. The van der Waals surface area contributed by atoms with E-state index in [4.69, 9.17) is 4.98 Å². The molecular formula is C18H25N3S. The Bertz CT molecular complexity index is 583. The van der Waals surface area contributed by atoms with Crippen molar-refractivity contribution in [2.75, 3.05) is 26.2 Å². The predicted octanol–water partition coefficient (Wildman–Crippen LogP) is 3.40. The van der Waals surface area contributed by atoms with Crippen molar-refractivity contribution in [1.29, 1.82) is 0 Å². The maximum Gasteiger partial charge on any atom is 0.0870 e. The van der Waals surface area contributed by atoms with E-state index in [0.29, 0.717) is 6.04 Å². The second kappa shape index (κ2) is 7.36. The smallest absolute Gasteiger partial charge is 0.0870 e. The highest BCUT2D eigenvalue weighted by molar-refractivity contribution is 7.12. The first kappa shape index (κ1) is 15.7. The normalized spacial score (nSPS) is 18.1. The zero-order chi connectivity index (χ0) is 15.4. The molecule has 0 spiro atoms. The van der Waals surface area contributed by atoms with Crippen LogP contribution in [0.25, 0.3) is 0 Å². The van der Waals surface area contributed by atoms with Crippen LogP contribution in [0.2, 0.25) is 0 Å². The molecule has 1 saturated heterocycles. The fourth-order valence-corrected chi connectivity index (χ4v) is 4.11. The second-order valence-electron chi connectivity index (χ2n) is 5.96. The Morgan fingerprint density at radius 1 is 1.23 bits per heavy atom. The summed E-state index contributed by atoms with van der Waals surface area (Å²) in [6.45, 7) is 8.72. The van der Waals surface area contributed by atoms with Crippen LogP contribution < -0.4 is 5.32 Å². The van der Waals surface area contributed by atoms with Crippen LogP contribution in [0.4, 0.5) is 0 Å². The van der Waals surface area contributed by atoms with Gasteiger partial charge >= 0.3 is 0 Å². The van der Waals surface area contributed by atoms with Gasteiger partial charge in [-0.15, -0.1) is 11.3 Å². The van der Waals surface area contributed by atoms with Gasteiger partial charge in [-0.3, -0.25) is 9.88 Å². The van der Waals surface area contributed by atoms with Gasteiger partial charge in [-0.2, -0.15) is 0 Å². The number of hydrogen-bond donors (Lipinski definition) is 1. The summed E-state index contributed by atoms with van der Waals surface area (Å²) in [5.74, 6) is 0. The van der Waals surface area contributed by atoms with E-state index in [-0.39, 0.29) is 0 Å². The Hall–Kier alpha value is -1.23. The van der Waals surface area contributed by atoms with Gasteiger partial charge < -0.3 is 5.32 Å². The number of thiophene rings is 1. The maximum absolute atomic E-state index is 4.74. The summed E-state index contributed by atoms with van der Waals surface area (Å²) < 4.78 is 0. The van der Waals surface area contributed by atoms with Gasteiger partial charge in [0.25, 0.3) is 0 Å². The van der Waals surface area contributed by atoms with Crippen molar-refractivity contribution in [3.8, 4) is 0 Å². The van der Waals surface area contributed by atoms with Crippen LogP contribution in [0, 0.1) is 6.92 Å². The molecule has 2 aromatic rings. The van der Waals surface area contributed by atoms with Crippen LogP contribution in [0.1, 0.15) is 40.4 Å². The number of pyridine rings is 1. The molecule has 1 atom stereocenters. The average molecular weight is 315 g/mol. The second-order valence-corrected chi connectivity index (χ2v) is 7.16. The monoisotopic (exact) mass is 315 g/mol. The van der Waals surface area contributed by atoms with Crippen molar-refractivity contribution in [2.45, 2.75) is 32.7 Å². The molecule has 1 aliphatic rings. The van der Waals surface area contributed by atoms with Crippen LogP contribution >= 0.6 is 11.3 Å². The first-order valence-electron chi connectivity index (χ1n) is 8.24. The summed E-state index contributed by atoms with van der Waals surface area (Å²) in [6.07, 6.45) is 4.31. The molecule has 1 N–H and O–H groups in total. The predicted molar refractivity (Wildman–Crippen MR) is 93.6 cm³/mol. The lowest BCUT2D eigenvalue weighted by atomic mass is 10.1. The van der Waals surface area contributed by atoms with Crippen LogP contribution in [-0.2, 0) is 6.42 Å². The topological polar surface area (TPSA) is 28.2 Å². The quantitative estimate of drug-likeness (QED) is 0.937. The van der Waals surface area contributed by atoms with E-state index < -0.39 is 0 Å². The van der Waals surface area contributed by atoms with Crippen molar-refractivity contribution in [1.82, 2.24) is 15.2 Å². The van der Waals surface area contributed by atoms with Gasteiger partial charge in [-0.25, -0.2) is 0 Å². The number of hydrogen-bond acceptors (Lipinski definition) is 4. The largest absolute Gasteiger partial charge is 0.315 e. The highest BCUT2D eigenvalue weighted by Crippen LogP contribution is 2.33. The van der Waals surface area contributed by atoms with E-state index in [1.165, 1.54) is 27.4 Å². The fourth-order valence-electron chi connectivity index (χ4n) is 3.01. The van der Waals surface area contributed by atoms with Gasteiger partial charge in [0.1, 0.15) is 0 Å². The zero-order valence-corrected chi connectivity index (χ0v) is 14.3. The zero-order valence-electron chi connectivity index (χ0n) is 13.5. The lowest BCUT2D eigenvalue weighted by Crippen LogP contribution is -2.33. The molecule has 22 heavy (non-hydrogen) atoms. The van der Waals surface area contributed by atoms with Crippen molar-refractivity contribution >= 4 is 11.3 Å². The van der Waals surface area contributed by atoms with Crippen molar-refractivity contribution in [3.63, 3.8) is 0 Å². The number of rotatable bonds is 4. The molecule has 1 unspecified atom stereocenters. The summed E-state index contributed by atoms with van der Waals surface area (Å²) in [5.41, 5.74) is 2.40. The van der Waals surface area contributed by atoms with Gasteiger partial charge in [0, 0.05) is 35.6 Å². The number of nitrogens with zero attached hydrogens (tertiary/aromatic N) is 2. The number of aryl methyl sites for hydroxylation is 2. The Kier molecular flexibility index (Phi) is 5.24. The molecule has 4 heteroatoms. The van der Waals surface area contributed by atoms with E-state index in [2.05, 4.69) is 48.3 Å². The average Bonchev–Trinajstić information content (AvgIpc) is 2.84. The van der Waals surface area contributed by atoms with E-state index in [1.807, 2.05) is 17.5 Å². The number of nitrogens with one attached hydrogen (secondary N) is 1. The molecule has 3 heterocycles. The Balaban J connectivity index is 1.94. The first-order chi connectivity index (χ1) is 10.8. The van der Waals surface area contributed by atoms with E-state index in [9.17, 15) is 0 Å². The molecule has 0 aliphatic carbocycles. The molecule has 1 aliphatic heterocycles. The van der Waals surface area contributed by atoms with Crippen molar-refractivity contribution in [2.24, 2.45) is 0 Å². The third-order valence-corrected chi connectivity index (χ3v) is 5.54. The van der Waals surface area contributed by atoms with Gasteiger partial charge in [-0.05, 0) is 50.1 Å². The summed E-state index contributed by atoms with van der Waals surface area (Å²) in [6, 6.07) is 9.25. The van der Waals surface area contributed by atoms with E-state index in [0.717, 1.165) is 32.6 Å². The molecule has 0 bridgehead atoms. The molecular weight excluding hydrogens is 290 g/mol. The lowest BCUT2D eigenvalue weighted by Gasteiger charge is -2.29. The third-order valence-electron chi connectivity index (χ3n) is 4.25. The molecule has 0 radical (unpaired) electrons. The fraction of sp³-hybridized carbons (Fsp3) is 0.500. The molecule has 0 amide bonds. The molecule has 3 nitrogen and oxygen atoms in total. The van der Waals surface area contributed by atoms with Crippen LogP contribution in [0.3, 0.4) is 0 Å². The maximum atomic E-state index is 4.74. The first-order valence-corrected chi connectivity index (χ1v) is 9.05. The van der Waals surface area contributed by atoms with Gasteiger partial charge in [0.15, 0.2) is 0 Å². The molecule has 0 aromatic carbocycles. The minimum absolute atomic E-state index is 0.297. The highest BCUT2D eigenvalue weighted by Gasteiger charge is 2.25. The Morgan fingerprint density at radius 3 is 2.86 bits per heavy atom. The van der Waals surface area contributed by atoms with Gasteiger partial charge in [-0.1, -0.05) is 13.0 Å². The summed E-state index contributed by atoms with van der Waals surface area (Å²) >= 11 is 1.94.